The van der Waals surface area contributed by atoms with Gasteiger partial charge in [0, 0.05) is 31.2 Å². The van der Waals surface area contributed by atoms with Gasteiger partial charge >= 0.3 is 6.03 Å². The van der Waals surface area contributed by atoms with Crippen LogP contribution in [0.25, 0.3) is 0 Å². The first-order valence-electron chi connectivity index (χ1n) is 8.36. The minimum absolute atomic E-state index is 0.00781. The number of nitrogens with one attached hydrogen (secondary N) is 1. The van der Waals surface area contributed by atoms with Gasteiger partial charge in [0.2, 0.25) is 0 Å². The molecule has 1 aromatic carbocycles. The number of hydrogen-bond acceptors (Lipinski definition) is 2. The maximum atomic E-state index is 12.6. The molecule has 1 aliphatic rings. The standard InChI is InChI=1S/C18H28N2O2/c1-14(16-8-4-3-5-9-16)15(2)19-18(22)20-12-7-6-10-17(20)11-13-21/h3-5,8-9,14-15,17,21H,6-7,10-13H2,1-2H3,(H,19,22). The fourth-order valence-electron chi connectivity index (χ4n) is 3.17. The van der Waals surface area contributed by atoms with Crippen LogP contribution in [0.2, 0.25) is 0 Å². The Morgan fingerprint density at radius 3 is 2.73 bits per heavy atom. The Morgan fingerprint density at radius 2 is 2.05 bits per heavy atom. The number of carbonyl (C=O) groups excluding carboxylic acids is 1. The fourth-order valence-corrected chi connectivity index (χ4v) is 3.17. The Balaban J connectivity index is 1.95. The summed E-state index contributed by atoms with van der Waals surface area (Å²) >= 11 is 0. The molecule has 0 spiro atoms. The maximum absolute atomic E-state index is 12.6. The second kappa shape index (κ2) is 8.18. The summed E-state index contributed by atoms with van der Waals surface area (Å²) in [4.78, 5) is 14.5. The van der Waals surface area contributed by atoms with Crippen LogP contribution in [0.15, 0.2) is 30.3 Å². The number of rotatable bonds is 5. The monoisotopic (exact) mass is 304 g/mol. The van der Waals surface area contributed by atoms with Gasteiger partial charge in [-0.15, -0.1) is 0 Å². The van der Waals surface area contributed by atoms with E-state index in [-0.39, 0.29) is 30.6 Å². The fraction of sp³-hybridized carbons (Fsp3) is 0.611. The summed E-state index contributed by atoms with van der Waals surface area (Å²) in [5.41, 5.74) is 1.24. The number of hydrogen-bond donors (Lipinski definition) is 2. The van der Waals surface area contributed by atoms with Crippen molar-refractivity contribution in [1.29, 1.82) is 0 Å². The second-order valence-corrected chi connectivity index (χ2v) is 6.29. The minimum Gasteiger partial charge on any atom is -0.396 e. The molecule has 4 nitrogen and oxygen atoms in total. The smallest absolute Gasteiger partial charge is 0.317 e. The van der Waals surface area contributed by atoms with E-state index in [1.807, 2.05) is 23.1 Å². The second-order valence-electron chi connectivity index (χ2n) is 6.29. The number of aliphatic hydroxyl groups excluding tert-OH is 1. The summed E-state index contributed by atoms with van der Waals surface area (Å²) in [7, 11) is 0. The van der Waals surface area contributed by atoms with Gasteiger partial charge in [-0.2, -0.15) is 0 Å². The van der Waals surface area contributed by atoms with Crippen LogP contribution in [0.3, 0.4) is 0 Å². The summed E-state index contributed by atoms with van der Waals surface area (Å²) in [6, 6.07) is 10.5. The molecule has 2 amide bonds. The topological polar surface area (TPSA) is 52.6 Å². The van der Waals surface area contributed by atoms with Crippen LogP contribution in [-0.2, 0) is 0 Å². The Kier molecular flexibility index (Phi) is 6.25. The van der Waals surface area contributed by atoms with E-state index < -0.39 is 0 Å². The summed E-state index contributed by atoms with van der Waals surface area (Å²) in [6.07, 6.45) is 3.87. The van der Waals surface area contributed by atoms with E-state index in [0.717, 1.165) is 25.8 Å². The highest BCUT2D eigenvalue weighted by atomic mass is 16.3. The van der Waals surface area contributed by atoms with E-state index in [9.17, 15) is 9.90 Å². The van der Waals surface area contributed by atoms with Crippen molar-refractivity contribution in [2.75, 3.05) is 13.2 Å². The Labute approximate surface area is 133 Å². The van der Waals surface area contributed by atoms with Gasteiger partial charge in [0.25, 0.3) is 0 Å². The zero-order chi connectivity index (χ0) is 15.9. The first-order valence-corrected chi connectivity index (χ1v) is 8.36. The SMILES string of the molecule is CC(NC(=O)N1CCCCC1CCO)C(C)c1ccccc1. The van der Waals surface area contributed by atoms with Gasteiger partial charge in [0.1, 0.15) is 0 Å². The van der Waals surface area contributed by atoms with E-state index in [1.165, 1.54) is 5.56 Å². The zero-order valence-electron chi connectivity index (χ0n) is 13.7. The Hall–Kier alpha value is -1.55. The van der Waals surface area contributed by atoms with Crippen molar-refractivity contribution in [3.8, 4) is 0 Å². The molecule has 0 saturated carbocycles. The largest absolute Gasteiger partial charge is 0.396 e. The van der Waals surface area contributed by atoms with Crippen LogP contribution >= 0.6 is 0 Å². The first-order chi connectivity index (χ1) is 10.6. The number of benzene rings is 1. The van der Waals surface area contributed by atoms with Crippen LogP contribution in [0.1, 0.15) is 51.0 Å². The molecular weight excluding hydrogens is 276 g/mol. The van der Waals surface area contributed by atoms with E-state index in [0.29, 0.717) is 6.42 Å². The average Bonchev–Trinajstić information content (AvgIpc) is 2.55. The van der Waals surface area contributed by atoms with Crippen molar-refractivity contribution in [1.82, 2.24) is 10.2 Å². The molecule has 0 radical (unpaired) electrons. The molecule has 22 heavy (non-hydrogen) atoms. The highest BCUT2D eigenvalue weighted by Gasteiger charge is 2.27. The summed E-state index contributed by atoms with van der Waals surface area (Å²) in [6.45, 7) is 5.13. The van der Waals surface area contributed by atoms with Gasteiger partial charge in [-0.1, -0.05) is 37.3 Å². The Morgan fingerprint density at radius 1 is 1.32 bits per heavy atom. The van der Waals surface area contributed by atoms with E-state index in [1.54, 1.807) is 0 Å². The van der Waals surface area contributed by atoms with Gasteiger partial charge in [0.15, 0.2) is 0 Å². The van der Waals surface area contributed by atoms with E-state index >= 15 is 0 Å². The average molecular weight is 304 g/mol. The van der Waals surface area contributed by atoms with Crippen LogP contribution in [0.4, 0.5) is 4.79 Å². The lowest BCUT2D eigenvalue weighted by atomic mass is 9.94. The predicted molar refractivity (Wildman–Crippen MR) is 88.9 cm³/mol. The molecule has 1 aliphatic heterocycles. The lowest BCUT2D eigenvalue weighted by molar-refractivity contribution is 0.129. The molecule has 4 heteroatoms. The van der Waals surface area contributed by atoms with E-state index in [4.69, 9.17) is 0 Å². The molecule has 2 N–H and O–H groups in total. The first kappa shape index (κ1) is 16.8. The highest BCUT2D eigenvalue weighted by Crippen LogP contribution is 2.22. The van der Waals surface area contributed by atoms with Crippen molar-refractivity contribution in [2.24, 2.45) is 0 Å². The van der Waals surface area contributed by atoms with Gasteiger partial charge in [0.05, 0.1) is 0 Å². The highest BCUT2D eigenvalue weighted by molar-refractivity contribution is 5.75. The van der Waals surface area contributed by atoms with Crippen molar-refractivity contribution in [3.63, 3.8) is 0 Å². The number of urea groups is 1. The molecule has 1 saturated heterocycles. The molecular formula is C18H28N2O2. The quantitative estimate of drug-likeness (QED) is 0.878. The molecule has 122 valence electrons. The molecule has 1 aromatic rings. The van der Waals surface area contributed by atoms with Crippen LogP contribution in [0.5, 0.6) is 0 Å². The van der Waals surface area contributed by atoms with Gasteiger partial charge < -0.3 is 15.3 Å². The Bertz CT molecular complexity index is 461. The number of piperidine rings is 1. The molecule has 0 aliphatic carbocycles. The number of carbonyl (C=O) groups is 1. The summed E-state index contributed by atoms with van der Waals surface area (Å²) in [5.74, 6) is 0.270. The number of amides is 2. The lowest BCUT2D eigenvalue weighted by Gasteiger charge is -2.37. The summed E-state index contributed by atoms with van der Waals surface area (Å²) in [5, 5.41) is 12.3. The molecule has 2 rings (SSSR count). The van der Waals surface area contributed by atoms with Gasteiger partial charge in [-0.25, -0.2) is 4.79 Å². The molecule has 3 atom stereocenters. The van der Waals surface area contributed by atoms with Crippen molar-refractivity contribution < 1.29 is 9.90 Å². The maximum Gasteiger partial charge on any atom is 0.317 e. The third kappa shape index (κ3) is 4.23. The third-order valence-corrected chi connectivity index (χ3v) is 4.78. The number of aliphatic hydroxyl groups is 1. The number of nitrogens with zero attached hydrogens (tertiary/aromatic N) is 1. The number of likely N-dealkylation sites (tertiary alicyclic amines) is 1. The molecule has 3 unspecified atom stereocenters. The summed E-state index contributed by atoms with van der Waals surface area (Å²) < 4.78 is 0. The van der Waals surface area contributed by atoms with Crippen molar-refractivity contribution >= 4 is 6.03 Å². The molecule has 1 heterocycles. The van der Waals surface area contributed by atoms with Gasteiger partial charge in [-0.3, -0.25) is 0 Å². The van der Waals surface area contributed by atoms with Crippen LogP contribution in [-0.4, -0.2) is 41.3 Å². The normalized spacial score (nSPS) is 21.2. The predicted octanol–water partition coefficient (Wildman–Crippen LogP) is 3.13. The molecule has 0 aromatic heterocycles. The third-order valence-electron chi connectivity index (χ3n) is 4.78. The molecule has 1 fully saturated rings. The van der Waals surface area contributed by atoms with Gasteiger partial charge in [-0.05, 0) is 38.2 Å². The van der Waals surface area contributed by atoms with E-state index in [2.05, 4.69) is 31.3 Å². The van der Waals surface area contributed by atoms with Crippen molar-refractivity contribution in [2.45, 2.75) is 57.5 Å². The lowest BCUT2D eigenvalue weighted by Crippen LogP contribution is -2.51. The van der Waals surface area contributed by atoms with Crippen LogP contribution < -0.4 is 5.32 Å². The van der Waals surface area contributed by atoms with Crippen molar-refractivity contribution in [3.05, 3.63) is 35.9 Å². The molecule has 0 bridgehead atoms. The zero-order valence-corrected chi connectivity index (χ0v) is 13.7. The van der Waals surface area contributed by atoms with Crippen LogP contribution in [0, 0.1) is 0 Å². The minimum atomic E-state index is 0.00781.